The van der Waals surface area contributed by atoms with Crippen LogP contribution in [0.3, 0.4) is 0 Å². The molecule has 1 aromatic rings. The average Bonchev–Trinajstić information content (AvgIpc) is 2.55. The van der Waals surface area contributed by atoms with Crippen LogP contribution in [0.4, 0.5) is 0 Å². The smallest absolute Gasteiger partial charge is 0.331 e. The Labute approximate surface area is 157 Å². The summed E-state index contributed by atoms with van der Waals surface area (Å²) in [5.41, 5.74) is 1.25. The fourth-order valence-electron chi connectivity index (χ4n) is 3.42. The second-order valence-corrected chi connectivity index (χ2v) is 7.82. The van der Waals surface area contributed by atoms with Crippen LogP contribution in [-0.4, -0.2) is 24.0 Å². The third-order valence-corrected chi connectivity index (χ3v) is 5.50. The number of hydrogen-bond acceptors (Lipinski definition) is 3. The highest BCUT2D eigenvalue weighted by Crippen LogP contribution is 2.31. The highest BCUT2D eigenvalue weighted by molar-refractivity contribution is 14.1. The van der Waals surface area contributed by atoms with Gasteiger partial charge >= 0.3 is 5.97 Å². The molecular weight excluding hydrogens is 417 g/mol. The number of benzene rings is 1. The number of rotatable bonds is 5. The van der Waals surface area contributed by atoms with Gasteiger partial charge in [-0.1, -0.05) is 25.3 Å². The minimum absolute atomic E-state index is 0.103. The molecule has 0 aliphatic heterocycles. The number of aryl methyl sites for hydroxylation is 1. The molecular formula is C19H26INO3. The molecule has 1 aromatic carbocycles. The number of hydrogen-bond donors (Lipinski definition) is 1. The summed E-state index contributed by atoms with van der Waals surface area (Å²) in [6.45, 7) is 6.05. The van der Waals surface area contributed by atoms with Crippen molar-refractivity contribution in [3.8, 4) is 0 Å². The second-order valence-electron chi connectivity index (χ2n) is 6.58. The predicted molar refractivity (Wildman–Crippen MR) is 103 cm³/mol. The maximum Gasteiger partial charge on any atom is 0.331 e. The summed E-state index contributed by atoms with van der Waals surface area (Å²) < 4.78 is 6.41. The first-order valence-electron chi connectivity index (χ1n) is 8.65. The van der Waals surface area contributed by atoms with Crippen LogP contribution in [0, 0.1) is 10.5 Å². The summed E-state index contributed by atoms with van der Waals surface area (Å²) in [5, 5.41) is 3.04. The van der Waals surface area contributed by atoms with Gasteiger partial charge in [-0.15, -0.1) is 0 Å². The zero-order valence-corrected chi connectivity index (χ0v) is 16.8. The summed E-state index contributed by atoms with van der Waals surface area (Å²) in [6, 6.07) is 6.08. The van der Waals surface area contributed by atoms with Gasteiger partial charge in [0.2, 0.25) is 5.91 Å². The molecule has 1 fully saturated rings. The molecule has 1 N–H and O–H groups in total. The van der Waals surface area contributed by atoms with E-state index in [-0.39, 0.29) is 17.8 Å². The molecule has 0 radical (unpaired) electrons. The van der Waals surface area contributed by atoms with Gasteiger partial charge in [0.15, 0.2) is 0 Å². The molecule has 0 heterocycles. The van der Waals surface area contributed by atoms with E-state index in [0.29, 0.717) is 19.4 Å². The van der Waals surface area contributed by atoms with Crippen molar-refractivity contribution >= 4 is 34.5 Å². The van der Waals surface area contributed by atoms with E-state index < -0.39 is 5.54 Å². The Balaban J connectivity index is 2.19. The molecule has 1 atom stereocenters. The summed E-state index contributed by atoms with van der Waals surface area (Å²) in [4.78, 5) is 25.3. The maximum atomic E-state index is 12.8. The van der Waals surface area contributed by atoms with Crippen molar-refractivity contribution < 1.29 is 14.3 Å². The molecule has 132 valence electrons. The first-order chi connectivity index (χ1) is 11.4. The van der Waals surface area contributed by atoms with E-state index in [1.54, 1.807) is 6.92 Å². The van der Waals surface area contributed by atoms with Crippen molar-refractivity contribution in [3.05, 3.63) is 32.9 Å². The van der Waals surface area contributed by atoms with Gasteiger partial charge in [-0.2, -0.15) is 0 Å². The van der Waals surface area contributed by atoms with Crippen molar-refractivity contribution in [2.45, 2.75) is 64.3 Å². The summed E-state index contributed by atoms with van der Waals surface area (Å²) in [7, 11) is 0. The molecule has 1 aliphatic rings. The fraction of sp³-hybridized carbons (Fsp3) is 0.579. The van der Waals surface area contributed by atoms with Crippen LogP contribution in [0.1, 0.15) is 63.0 Å². The van der Waals surface area contributed by atoms with E-state index >= 15 is 0 Å². The first kappa shape index (κ1) is 19.2. The van der Waals surface area contributed by atoms with Crippen molar-refractivity contribution in [2.24, 2.45) is 0 Å². The van der Waals surface area contributed by atoms with Crippen molar-refractivity contribution in [1.29, 1.82) is 0 Å². The number of carbonyl (C=O) groups is 2. The summed E-state index contributed by atoms with van der Waals surface area (Å²) in [6.07, 6.45) is 4.31. The fourth-order valence-corrected chi connectivity index (χ4v) is 4.06. The number of nitrogens with one attached hydrogen (secondary N) is 1. The van der Waals surface area contributed by atoms with Crippen LogP contribution >= 0.6 is 22.6 Å². The molecule has 2 rings (SSSR count). The lowest BCUT2D eigenvalue weighted by Crippen LogP contribution is -2.57. The van der Waals surface area contributed by atoms with E-state index in [9.17, 15) is 9.59 Å². The SMILES string of the molecule is CCOC(=O)C1(NC(=O)C(C)c2ccc(I)cc2C)CCCCC1. The van der Waals surface area contributed by atoms with E-state index in [1.807, 2.05) is 26.0 Å². The number of esters is 1. The molecule has 0 saturated heterocycles. The molecule has 1 aliphatic carbocycles. The van der Waals surface area contributed by atoms with Gasteiger partial charge in [-0.05, 0) is 79.5 Å². The van der Waals surface area contributed by atoms with Crippen LogP contribution in [-0.2, 0) is 14.3 Å². The quantitative estimate of drug-likeness (QED) is 0.551. The summed E-state index contributed by atoms with van der Waals surface area (Å²) in [5.74, 6) is -0.686. The van der Waals surface area contributed by atoms with E-state index in [2.05, 4.69) is 34.0 Å². The molecule has 0 bridgehead atoms. The van der Waals surface area contributed by atoms with Crippen molar-refractivity contribution in [1.82, 2.24) is 5.32 Å². The minimum atomic E-state index is -0.850. The number of amides is 1. The molecule has 24 heavy (non-hydrogen) atoms. The van der Waals surface area contributed by atoms with Crippen molar-refractivity contribution in [2.75, 3.05) is 6.61 Å². The zero-order chi connectivity index (χ0) is 17.7. The normalized spacial score (nSPS) is 17.8. The molecule has 4 nitrogen and oxygen atoms in total. The highest BCUT2D eigenvalue weighted by atomic mass is 127. The summed E-state index contributed by atoms with van der Waals surface area (Å²) >= 11 is 2.27. The van der Waals surface area contributed by atoms with Crippen LogP contribution in [0.2, 0.25) is 0 Å². The molecule has 1 amide bonds. The Hall–Kier alpha value is -1.11. The lowest BCUT2D eigenvalue weighted by molar-refractivity contribution is -0.155. The molecule has 0 aromatic heterocycles. The number of halogens is 1. The van der Waals surface area contributed by atoms with Gasteiger partial charge in [0, 0.05) is 3.57 Å². The zero-order valence-electron chi connectivity index (χ0n) is 14.7. The van der Waals surface area contributed by atoms with Gasteiger partial charge in [0.1, 0.15) is 5.54 Å². The van der Waals surface area contributed by atoms with Crippen LogP contribution in [0.5, 0.6) is 0 Å². The van der Waals surface area contributed by atoms with Crippen LogP contribution < -0.4 is 5.32 Å². The maximum absolute atomic E-state index is 12.8. The minimum Gasteiger partial charge on any atom is -0.464 e. The Bertz CT molecular complexity index is 609. The van der Waals surface area contributed by atoms with Gasteiger partial charge in [-0.3, -0.25) is 4.79 Å². The molecule has 1 unspecified atom stereocenters. The Morgan fingerprint density at radius 1 is 1.29 bits per heavy atom. The number of ether oxygens (including phenoxy) is 1. The third-order valence-electron chi connectivity index (χ3n) is 4.83. The molecule has 1 saturated carbocycles. The van der Waals surface area contributed by atoms with Gasteiger partial charge < -0.3 is 10.1 Å². The largest absolute Gasteiger partial charge is 0.464 e. The predicted octanol–water partition coefficient (Wildman–Crippen LogP) is 4.09. The van der Waals surface area contributed by atoms with Crippen LogP contribution in [0.25, 0.3) is 0 Å². The number of carbonyl (C=O) groups excluding carboxylic acids is 2. The highest BCUT2D eigenvalue weighted by Gasteiger charge is 2.43. The molecule has 0 spiro atoms. The monoisotopic (exact) mass is 443 g/mol. The average molecular weight is 443 g/mol. The van der Waals surface area contributed by atoms with E-state index in [0.717, 1.165) is 34.0 Å². The lowest BCUT2D eigenvalue weighted by atomic mass is 9.81. The topological polar surface area (TPSA) is 55.4 Å². The third kappa shape index (κ3) is 4.29. The first-order valence-corrected chi connectivity index (χ1v) is 9.73. The Kier molecular flexibility index (Phi) is 6.66. The van der Waals surface area contributed by atoms with Gasteiger partial charge in [0.05, 0.1) is 12.5 Å². The lowest BCUT2D eigenvalue weighted by Gasteiger charge is -2.36. The van der Waals surface area contributed by atoms with E-state index in [1.165, 1.54) is 0 Å². The Morgan fingerprint density at radius 3 is 2.54 bits per heavy atom. The van der Waals surface area contributed by atoms with E-state index in [4.69, 9.17) is 4.74 Å². The molecule has 5 heteroatoms. The van der Waals surface area contributed by atoms with Crippen molar-refractivity contribution in [3.63, 3.8) is 0 Å². The Morgan fingerprint density at radius 2 is 1.96 bits per heavy atom. The van der Waals surface area contributed by atoms with Gasteiger partial charge in [0.25, 0.3) is 0 Å². The standard InChI is InChI=1S/C19H26INO3/c1-4-24-18(23)19(10-6-5-7-11-19)21-17(22)14(3)16-9-8-15(20)12-13(16)2/h8-9,12,14H,4-7,10-11H2,1-3H3,(H,21,22). The van der Waals surface area contributed by atoms with Crippen LogP contribution in [0.15, 0.2) is 18.2 Å². The second kappa shape index (κ2) is 8.32. The van der Waals surface area contributed by atoms with Gasteiger partial charge in [-0.25, -0.2) is 4.79 Å².